The second-order valence-corrected chi connectivity index (χ2v) is 4.34. The lowest BCUT2D eigenvalue weighted by Gasteiger charge is -2.09. The Morgan fingerprint density at radius 1 is 1.21 bits per heavy atom. The summed E-state index contributed by atoms with van der Waals surface area (Å²) in [5.41, 5.74) is 0.0928. The molecule has 2 N–H and O–H groups in total. The molecule has 0 spiro atoms. The summed E-state index contributed by atoms with van der Waals surface area (Å²) in [6.07, 6.45) is -4.40. The Kier molecular flexibility index (Phi) is 5.39. The maximum atomic E-state index is 13.1. The topological polar surface area (TPSA) is 41.1 Å². The van der Waals surface area contributed by atoms with Gasteiger partial charge in [0.1, 0.15) is 0 Å². The average molecular weight is 319 g/mol. The summed E-state index contributed by atoms with van der Waals surface area (Å²) < 4.78 is 48.5. The quantitative estimate of drug-likeness (QED) is 0.661. The predicted molar refractivity (Wildman–Crippen MR) is 64.0 cm³/mol. The molecule has 1 rings (SSSR count). The van der Waals surface area contributed by atoms with E-state index in [4.69, 9.17) is 23.2 Å². The molecule has 0 aliphatic carbocycles. The fourth-order valence-electron chi connectivity index (χ4n) is 1.15. The number of benzene rings is 1. The number of carbonyl (C=O) groups excluding carboxylic acids is 1. The standard InChI is InChI=1S/C10H8Cl2F4N2O/c11-6-1-5(2-7(12)9(6)13)18-8(19)3-17-4-10(14,15)16/h1-2,17H,3-4H2,(H,18,19). The molecule has 0 radical (unpaired) electrons. The van der Waals surface area contributed by atoms with Crippen LogP contribution in [0.3, 0.4) is 0 Å². The van der Waals surface area contributed by atoms with Crippen molar-refractivity contribution in [1.82, 2.24) is 5.32 Å². The Labute approximate surface area is 115 Å². The zero-order chi connectivity index (χ0) is 14.6. The van der Waals surface area contributed by atoms with E-state index in [0.717, 1.165) is 12.1 Å². The molecule has 0 bridgehead atoms. The summed E-state index contributed by atoms with van der Waals surface area (Å²) >= 11 is 11.0. The minimum atomic E-state index is -4.40. The molecule has 0 fully saturated rings. The highest BCUT2D eigenvalue weighted by Crippen LogP contribution is 2.27. The zero-order valence-electron chi connectivity index (χ0n) is 9.24. The number of amides is 1. The third kappa shape index (κ3) is 5.63. The van der Waals surface area contributed by atoms with Crippen molar-refractivity contribution in [3.8, 4) is 0 Å². The summed E-state index contributed by atoms with van der Waals surface area (Å²) in [6.45, 7) is -1.84. The second kappa shape index (κ2) is 6.40. The van der Waals surface area contributed by atoms with Gasteiger partial charge in [0, 0.05) is 5.69 Å². The summed E-state index contributed by atoms with van der Waals surface area (Å²) in [5, 5.41) is 3.54. The van der Waals surface area contributed by atoms with Crippen LogP contribution < -0.4 is 10.6 Å². The number of nitrogens with one attached hydrogen (secondary N) is 2. The van der Waals surface area contributed by atoms with Crippen LogP contribution in [0.4, 0.5) is 23.2 Å². The van der Waals surface area contributed by atoms with Gasteiger partial charge in [-0.2, -0.15) is 13.2 Å². The highest BCUT2D eigenvalue weighted by Gasteiger charge is 2.26. The van der Waals surface area contributed by atoms with Gasteiger partial charge in [-0.15, -0.1) is 0 Å². The SMILES string of the molecule is O=C(CNCC(F)(F)F)Nc1cc(Cl)c(F)c(Cl)c1. The number of anilines is 1. The number of hydrogen-bond acceptors (Lipinski definition) is 2. The van der Waals surface area contributed by atoms with E-state index in [-0.39, 0.29) is 15.7 Å². The number of carbonyl (C=O) groups is 1. The molecule has 0 aliphatic heterocycles. The first-order valence-corrected chi connectivity index (χ1v) is 5.66. The molecular weight excluding hydrogens is 311 g/mol. The van der Waals surface area contributed by atoms with Crippen molar-refractivity contribution in [2.75, 3.05) is 18.4 Å². The Morgan fingerprint density at radius 2 is 1.74 bits per heavy atom. The van der Waals surface area contributed by atoms with Crippen molar-refractivity contribution in [2.45, 2.75) is 6.18 Å². The van der Waals surface area contributed by atoms with Gasteiger partial charge in [-0.05, 0) is 12.1 Å². The minimum Gasteiger partial charge on any atom is -0.325 e. The lowest BCUT2D eigenvalue weighted by molar-refractivity contribution is -0.126. The van der Waals surface area contributed by atoms with E-state index in [0.29, 0.717) is 0 Å². The van der Waals surface area contributed by atoms with Crippen LogP contribution in [-0.2, 0) is 4.79 Å². The van der Waals surface area contributed by atoms with Gasteiger partial charge >= 0.3 is 6.18 Å². The first kappa shape index (κ1) is 16.0. The minimum absolute atomic E-state index is 0.0928. The van der Waals surface area contributed by atoms with Gasteiger partial charge in [0.05, 0.1) is 23.1 Å². The van der Waals surface area contributed by atoms with Crippen LogP contribution in [0, 0.1) is 5.82 Å². The Hall–Kier alpha value is -1.05. The van der Waals surface area contributed by atoms with Crippen LogP contribution in [0.5, 0.6) is 0 Å². The van der Waals surface area contributed by atoms with Crippen molar-refractivity contribution < 1.29 is 22.4 Å². The maximum absolute atomic E-state index is 13.1. The molecule has 0 saturated heterocycles. The first-order valence-electron chi connectivity index (χ1n) is 4.91. The van der Waals surface area contributed by atoms with Gasteiger partial charge in [0.25, 0.3) is 0 Å². The van der Waals surface area contributed by atoms with Gasteiger partial charge in [-0.25, -0.2) is 4.39 Å². The monoisotopic (exact) mass is 318 g/mol. The number of rotatable bonds is 4. The summed E-state index contributed by atoms with van der Waals surface area (Å²) in [6, 6.07) is 2.20. The molecule has 0 atom stereocenters. The molecular formula is C10H8Cl2F4N2O. The lowest BCUT2D eigenvalue weighted by atomic mass is 10.3. The summed E-state index contributed by atoms with van der Waals surface area (Å²) in [4.78, 5) is 11.3. The molecule has 0 saturated carbocycles. The van der Waals surface area contributed by atoms with Crippen molar-refractivity contribution in [3.63, 3.8) is 0 Å². The Morgan fingerprint density at radius 3 is 2.21 bits per heavy atom. The third-order valence-electron chi connectivity index (χ3n) is 1.88. The molecule has 1 amide bonds. The van der Waals surface area contributed by atoms with Crippen molar-refractivity contribution in [3.05, 3.63) is 28.0 Å². The van der Waals surface area contributed by atoms with Crippen molar-refractivity contribution >= 4 is 34.8 Å². The number of halogens is 6. The highest BCUT2D eigenvalue weighted by molar-refractivity contribution is 6.35. The zero-order valence-corrected chi connectivity index (χ0v) is 10.8. The third-order valence-corrected chi connectivity index (χ3v) is 2.43. The van der Waals surface area contributed by atoms with Crippen molar-refractivity contribution in [1.29, 1.82) is 0 Å². The molecule has 9 heteroatoms. The van der Waals surface area contributed by atoms with E-state index in [9.17, 15) is 22.4 Å². The van der Waals surface area contributed by atoms with E-state index in [1.54, 1.807) is 0 Å². The van der Waals surface area contributed by atoms with E-state index in [2.05, 4.69) is 5.32 Å². The fourth-order valence-corrected chi connectivity index (χ4v) is 1.64. The lowest BCUT2D eigenvalue weighted by Crippen LogP contribution is -2.35. The smallest absolute Gasteiger partial charge is 0.325 e. The van der Waals surface area contributed by atoms with Crippen LogP contribution in [-0.4, -0.2) is 25.2 Å². The maximum Gasteiger partial charge on any atom is 0.401 e. The molecule has 0 aliphatic rings. The van der Waals surface area contributed by atoms with E-state index >= 15 is 0 Å². The predicted octanol–water partition coefficient (Wildman–Crippen LogP) is 3.22. The molecule has 0 aromatic heterocycles. The van der Waals surface area contributed by atoms with Crippen LogP contribution in [0.15, 0.2) is 12.1 Å². The van der Waals surface area contributed by atoms with Gasteiger partial charge in [-0.3, -0.25) is 4.79 Å². The van der Waals surface area contributed by atoms with Crippen LogP contribution in [0.2, 0.25) is 10.0 Å². The van der Waals surface area contributed by atoms with Gasteiger partial charge in [0.2, 0.25) is 5.91 Å². The van der Waals surface area contributed by atoms with Gasteiger partial charge < -0.3 is 10.6 Å². The van der Waals surface area contributed by atoms with E-state index < -0.39 is 31.0 Å². The molecule has 106 valence electrons. The van der Waals surface area contributed by atoms with Crippen LogP contribution in [0.25, 0.3) is 0 Å². The molecule has 19 heavy (non-hydrogen) atoms. The molecule has 3 nitrogen and oxygen atoms in total. The summed E-state index contributed by atoms with van der Waals surface area (Å²) in [7, 11) is 0. The van der Waals surface area contributed by atoms with E-state index in [1.165, 1.54) is 0 Å². The molecule has 1 aromatic rings. The molecule has 1 aromatic carbocycles. The molecule has 0 unspecified atom stereocenters. The second-order valence-electron chi connectivity index (χ2n) is 3.52. The summed E-state index contributed by atoms with van der Waals surface area (Å²) in [5.74, 6) is -1.57. The van der Waals surface area contributed by atoms with Crippen molar-refractivity contribution in [2.24, 2.45) is 0 Å². The molecule has 0 heterocycles. The normalized spacial score (nSPS) is 11.5. The number of alkyl halides is 3. The van der Waals surface area contributed by atoms with Gasteiger partial charge in [-0.1, -0.05) is 23.2 Å². The Balaban J connectivity index is 2.53. The van der Waals surface area contributed by atoms with E-state index in [1.807, 2.05) is 5.32 Å². The Bertz CT molecular complexity index is 456. The fraction of sp³-hybridized carbons (Fsp3) is 0.300. The van der Waals surface area contributed by atoms with Crippen LogP contribution >= 0.6 is 23.2 Å². The first-order chi connectivity index (χ1) is 8.69. The van der Waals surface area contributed by atoms with Gasteiger partial charge in [0.15, 0.2) is 5.82 Å². The van der Waals surface area contributed by atoms with Crippen LogP contribution in [0.1, 0.15) is 0 Å². The largest absolute Gasteiger partial charge is 0.401 e. The highest BCUT2D eigenvalue weighted by atomic mass is 35.5. The average Bonchev–Trinajstić information content (AvgIpc) is 2.23. The number of hydrogen-bond donors (Lipinski definition) is 2.